The van der Waals surface area contributed by atoms with Crippen LogP contribution in [0.3, 0.4) is 0 Å². The molecule has 1 heterocycles. The highest BCUT2D eigenvalue weighted by atomic mass is 19.1. The van der Waals surface area contributed by atoms with Gasteiger partial charge in [-0.3, -0.25) is 4.79 Å². The minimum atomic E-state index is -0.269. The summed E-state index contributed by atoms with van der Waals surface area (Å²) in [6.07, 6.45) is 0.981. The summed E-state index contributed by atoms with van der Waals surface area (Å²) in [6.45, 7) is 3.53. The summed E-state index contributed by atoms with van der Waals surface area (Å²) in [5.41, 5.74) is 6.57. The van der Waals surface area contributed by atoms with E-state index in [-0.39, 0.29) is 23.9 Å². The van der Waals surface area contributed by atoms with Crippen molar-refractivity contribution in [3.63, 3.8) is 0 Å². The van der Waals surface area contributed by atoms with Crippen molar-refractivity contribution < 1.29 is 13.9 Å². The Bertz CT molecular complexity index is 448. The number of nitrogens with zero attached hydrogens (tertiary/aromatic N) is 1. The summed E-state index contributed by atoms with van der Waals surface area (Å²) < 4.78 is 18.6. The van der Waals surface area contributed by atoms with Gasteiger partial charge in [-0.15, -0.1) is 0 Å². The fraction of sp³-hybridized carbons (Fsp3) is 0.533. The zero-order valence-electron chi connectivity index (χ0n) is 11.7. The Labute approximate surface area is 118 Å². The van der Waals surface area contributed by atoms with Gasteiger partial charge in [0.05, 0.1) is 13.2 Å². The van der Waals surface area contributed by atoms with Crippen LogP contribution in [0.4, 0.5) is 4.39 Å². The molecule has 0 aromatic heterocycles. The maximum Gasteiger partial charge on any atom is 0.222 e. The van der Waals surface area contributed by atoms with Crippen molar-refractivity contribution in [1.29, 1.82) is 0 Å². The summed E-state index contributed by atoms with van der Waals surface area (Å²) >= 11 is 0. The SMILES string of the molecule is CC(N)CCC(=O)N1CCOC(c2ccc(F)cc2)C1. The number of carbonyl (C=O) groups is 1. The number of hydrogen-bond acceptors (Lipinski definition) is 3. The third-order valence-corrected chi connectivity index (χ3v) is 3.47. The molecule has 110 valence electrons. The van der Waals surface area contributed by atoms with Crippen molar-refractivity contribution in [2.24, 2.45) is 5.73 Å². The van der Waals surface area contributed by atoms with E-state index in [9.17, 15) is 9.18 Å². The predicted molar refractivity (Wildman–Crippen MR) is 74.6 cm³/mol. The molecular weight excluding hydrogens is 259 g/mol. The molecule has 4 nitrogen and oxygen atoms in total. The average molecular weight is 280 g/mol. The third kappa shape index (κ3) is 4.02. The lowest BCUT2D eigenvalue weighted by molar-refractivity contribution is -0.139. The van der Waals surface area contributed by atoms with Crippen molar-refractivity contribution in [3.8, 4) is 0 Å². The molecule has 0 saturated carbocycles. The quantitative estimate of drug-likeness (QED) is 0.915. The number of carbonyl (C=O) groups excluding carboxylic acids is 1. The van der Waals surface area contributed by atoms with E-state index in [0.717, 1.165) is 5.56 Å². The van der Waals surface area contributed by atoms with E-state index >= 15 is 0 Å². The first kappa shape index (κ1) is 14.9. The molecule has 1 aromatic carbocycles. The molecule has 0 spiro atoms. The lowest BCUT2D eigenvalue weighted by Gasteiger charge is -2.33. The van der Waals surface area contributed by atoms with Crippen LogP contribution in [0.1, 0.15) is 31.4 Å². The highest BCUT2D eigenvalue weighted by molar-refractivity contribution is 5.76. The second-order valence-electron chi connectivity index (χ2n) is 5.27. The molecule has 1 aliphatic rings. The second-order valence-corrected chi connectivity index (χ2v) is 5.27. The number of halogens is 1. The zero-order chi connectivity index (χ0) is 14.5. The van der Waals surface area contributed by atoms with Gasteiger partial charge in [-0.05, 0) is 31.0 Å². The summed E-state index contributed by atoms with van der Waals surface area (Å²) in [5, 5.41) is 0. The van der Waals surface area contributed by atoms with Gasteiger partial charge >= 0.3 is 0 Å². The summed E-state index contributed by atoms with van der Waals surface area (Å²) in [6, 6.07) is 6.27. The van der Waals surface area contributed by atoms with Gasteiger partial charge in [0.25, 0.3) is 0 Å². The van der Waals surface area contributed by atoms with Gasteiger partial charge < -0.3 is 15.4 Å². The third-order valence-electron chi connectivity index (χ3n) is 3.47. The van der Waals surface area contributed by atoms with Gasteiger partial charge in [-0.1, -0.05) is 12.1 Å². The minimum absolute atomic E-state index is 0.0351. The highest BCUT2D eigenvalue weighted by Crippen LogP contribution is 2.23. The van der Waals surface area contributed by atoms with E-state index < -0.39 is 0 Å². The molecule has 1 amide bonds. The Morgan fingerprint density at radius 1 is 1.50 bits per heavy atom. The van der Waals surface area contributed by atoms with Crippen molar-refractivity contribution >= 4 is 5.91 Å². The van der Waals surface area contributed by atoms with Crippen molar-refractivity contribution in [2.75, 3.05) is 19.7 Å². The van der Waals surface area contributed by atoms with Crippen LogP contribution in [0, 0.1) is 5.82 Å². The molecule has 20 heavy (non-hydrogen) atoms. The first-order chi connectivity index (χ1) is 9.56. The van der Waals surface area contributed by atoms with Crippen LogP contribution in [0.2, 0.25) is 0 Å². The molecule has 0 radical (unpaired) electrons. The second kappa shape index (κ2) is 6.81. The van der Waals surface area contributed by atoms with Crippen LogP contribution >= 0.6 is 0 Å². The summed E-state index contributed by atoms with van der Waals surface area (Å²) in [4.78, 5) is 13.9. The molecule has 1 saturated heterocycles. The number of ether oxygens (including phenoxy) is 1. The Balaban J connectivity index is 1.94. The van der Waals surface area contributed by atoms with Gasteiger partial charge in [-0.2, -0.15) is 0 Å². The topological polar surface area (TPSA) is 55.6 Å². The fourth-order valence-corrected chi connectivity index (χ4v) is 2.26. The molecule has 2 unspecified atom stereocenters. The lowest BCUT2D eigenvalue weighted by atomic mass is 10.1. The molecule has 2 rings (SSSR count). The van der Waals surface area contributed by atoms with Gasteiger partial charge in [-0.25, -0.2) is 4.39 Å². The van der Waals surface area contributed by atoms with Gasteiger partial charge in [0.2, 0.25) is 5.91 Å². The Kier molecular flexibility index (Phi) is 5.09. The normalized spacial score (nSPS) is 20.8. The van der Waals surface area contributed by atoms with Crippen LogP contribution < -0.4 is 5.73 Å². The van der Waals surface area contributed by atoms with E-state index in [2.05, 4.69) is 0 Å². The largest absolute Gasteiger partial charge is 0.370 e. The van der Waals surface area contributed by atoms with Crippen molar-refractivity contribution in [1.82, 2.24) is 4.90 Å². The Morgan fingerprint density at radius 2 is 2.20 bits per heavy atom. The molecule has 5 heteroatoms. The molecular formula is C15H21FN2O2. The molecule has 2 N–H and O–H groups in total. The number of nitrogens with two attached hydrogens (primary N) is 1. The van der Waals surface area contributed by atoms with E-state index in [1.165, 1.54) is 12.1 Å². The number of morpholine rings is 1. The summed E-state index contributed by atoms with van der Waals surface area (Å²) in [7, 11) is 0. The van der Waals surface area contributed by atoms with E-state index in [4.69, 9.17) is 10.5 Å². The fourth-order valence-electron chi connectivity index (χ4n) is 2.26. The minimum Gasteiger partial charge on any atom is -0.370 e. The first-order valence-corrected chi connectivity index (χ1v) is 6.96. The van der Waals surface area contributed by atoms with Gasteiger partial charge in [0.15, 0.2) is 0 Å². The predicted octanol–water partition coefficient (Wildman–Crippen LogP) is 1.85. The molecule has 1 aromatic rings. The van der Waals surface area contributed by atoms with Crippen LogP contribution in [0.15, 0.2) is 24.3 Å². The zero-order valence-corrected chi connectivity index (χ0v) is 11.7. The highest BCUT2D eigenvalue weighted by Gasteiger charge is 2.25. The molecule has 1 fully saturated rings. The molecule has 1 aliphatic heterocycles. The first-order valence-electron chi connectivity index (χ1n) is 6.96. The number of benzene rings is 1. The maximum atomic E-state index is 12.9. The number of hydrogen-bond donors (Lipinski definition) is 1. The smallest absolute Gasteiger partial charge is 0.222 e. The Morgan fingerprint density at radius 3 is 2.85 bits per heavy atom. The lowest BCUT2D eigenvalue weighted by Crippen LogP contribution is -2.42. The maximum absolute atomic E-state index is 12.9. The van der Waals surface area contributed by atoms with Crippen LogP contribution in [0.25, 0.3) is 0 Å². The number of amides is 1. The van der Waals surface area contributed by atoms with Gasteiger partial charge in [0, 0.05) is 19.0 Å². The average Bonchev–Trinajstić information content (AvgIpc) is 2.45. The monoisotopic (exact) mass is 280 g/mol. The van der Waals surface area contributed by atoms with E-state index in [0.29, 0.717) is 32.5 Å². The van der Waals surface area contributed by atoms with Crippen LogP contribution in [0.5, 0.6) is 0 Å². The Hall–Kier alpha value is -1.46. The van der Waals surface area contributed by atoms with Crippen molar-refractivity contribution in [3.05, 3.63) is 35.6 Å². The van der Waals surface area contributed by atoms with Crippen molar-refractivity contribution in [2.45, 2.75) is 31.9 Å². The van der Waals surface area contributed by atoms with Crippen LogP contribution in [-0.4, -0.2) is 36.5 Å². The summed E-state index contributed by atoms with van der Waals surface area (Å²) in [5.74, 6) is -0.160. The molecule has 0 aliphatic carbocycles. The molecule has 0 bridgehead atoms. The van der Waals surface area contributed by atoms with E-state index in [1.54, 1.807) is 17.0 Å². The van der Waals surface area contributed by atoms with Gasteiger partial charge in [0.1, 0.15) is 11.9 Å². The molecule has 2 atom stereocenters. The number of rotatable bonds is 4. The van der Waals surface area contributed by atoms with Crippen LogP contribution in [-0.2, 0) is 9.53 Å². The standard InChI is InChI=1S/C15H21FN2O2/c1-11(17)2-7-15(19)18-8-9-20-14(10-18)12-3-5-13(16)6-4-12/h3-6,11,14H,2,7-10,17H2,1H3. The van der Waals surface area contributed by atoms with E-state index in [1.807, 2.05) is 6.92 Å².